The standard InChI is InChI=1S/C19H15F3N2O/c20-19(21,22)16-10-14(23)11-24-18(16)15-8-4-5-9-17(15)25-12-13-6-2-1-3-7-13/h1-11H,12,23H2. The molecule has 6 heteroatoms. The van der Waals surface area contributed by atoms with E-state index in [-0.39, 0.29) is 23.6 Å². The van der Waals surface area contributed by atoms with Crippen molar-refractivity contribution in [2.75, 3.05) is 5.73 Å². The second-order valence-corrected chi connectivity index (χ2v) is 5.43. The molecule has 0 unspecified atom stereocenters. The Kier molecular flexibility index (Phi) is 4.61. The normalized spacial score (nSPS) is 11.3. The molecule has 3 aromatic rings. The third kappa shape index (κ3) is 3.91. The maximum atomic E-state index is 13.4. The number of nitrogens with two attached hydrogens (primary N) is 1. The Morgan fingerprint density at radius 3 is 2.36 bits per heavy atom. The number of ether oxygens (including phenoxy) is 1. The quantitative estimate of drug-likeness (QED) is 0.730. The summed E-state index contributed by atoms with van der Waals surface area (Å²) in [6.07, 6.45) is -3.36. The van der Waals surface area contributed by atoms with Crippen LogP contribution in [0.25, 0.3) is 11.3 Å². The zero-order valence-electron chi connectivity index (χ0n) is 13.1. The molecule has 128 valence electrons. The van der Waals surface area contributed by atoms with Gasteiger partial charge in [0, 0.05) is 5.56 Å². The monoisotopic (exact) mass is 344 g/mol. The first-order valence-electron chi connectivity index (χ1n) is 7.54. The number of halogens is 3. The Morgan fingerprint density at radius 2 is 1.64 bits per heavy atom. The summed E-state index contributed by atoms with van der Waals surface area (Å²) in [4.78, 5) is 3.91. The first-order valence-corrected chi connectivity index (χ1v) is 7.54. The molecule has 0 amide bonds. The van der Waals surface area contributed by atoms with Gasteiger partial charge >= 0.3 is 6.18 Å². The zero-order chi connectivity index (χ0) is 17.9. The van der Waals surface area contributed by atoms with Gasteiger partial charge in [-0.2, -0.15) is 13.2 Å². The number of alkyl halides is 3. The molecule has 1 heterocycles. The summed E-state index contributed by atoms with van der Waals surface area (Å²) in [5, 5.41) is 0. The lowest BCUT2D eigenvalue weighted by Gasteiger charge is -2.16. The van der Waals surface area contributed by atoms with Gasteiger partial charge in [0.1, 0.15) is 12.4 Å². The summed E-state index contributed by atoms with van der Waals surface area (Å²) < 4.78 is 45.8. The molecule has 0 radical (unpaired) electrons. The number of nitrogen functional groups attached to an aromatic ring is 1. The molecule has 0 atom stereocenters. The van der Waals surface area contributed by atoms with Crippen LogP contribution in [0.5, 0.6) is 5.75 Å². The van der Waals surface area contributed by atoms with Crippen LogP contribution >= 0.6 is 0 Å². The minimum Gasteiger partial charge on any atom is -0.488 e. The lowest BCUT2D eigenvalue weighted by atomic mass is 10.0. The van der Waals surface area contributed by atoms with Gasteiger partial charge in [-0.05, 0) is 23.8 Å². The molecule has 3 nitrogen and oxygen atoms in total. The number of para-hydroxylation sites is 1. The minimum absolute atomic E-state index is 0.0428. The van der Waals surface area contributed by atoms with E-state index >= 15 is 0 Å². The fraction of sp³-hybridized carbons (Fsp3) is 0.105. The number of rotatable bonds is 4. The Morgan fingerprint density at radius 1 is 0.960 bits per heavy atom. The van der Waals surface area contributed by atoms with Crippen LogP contribution in [0.4, 0.5) is 18.9 Å². The largest absolute Gasteiger partial charge is 0.488 e. The van der Waals surface area contributed by atoms with Crippen LogP contribution < -0.4 is 10.5 Å². The Balaban J connectivity index is 1.99. The van der Waals surface area contributed by atoms with Crippen LogP contribution in [-0.4, -0.2) is 4.98 Å². The lowest BCUT2D eigenvalue weighted by molar-refractivity contribution is -0.137. The highest BCUT2D eigenvalue weighted by atomic mass is 19.4. The van der Waals surface area contributed by atoms with E-state index in [0.29, 0.717) is 5.75 Å². The molecule has 3 rings (SSSR count). The average Bonchev–Trinajstić information content (AvgIpc) is 2.60. The van der Waals surface area contributed by atoms with Gasteiger partial charge in [0.15, 0.2) is 0 Å². The van der Waals surface area contributed by atoms with Crippen molar-refractivity contribution in [1.82, 2.24) is 4.98 Å². The van der Waals surface area contributed by atoms with Crippen LogP contribution in [0.15, 0.2) is 66.9 Å². The minimum atomic E-state index is -4.57. The number of aromatic nitrogens is 1. The second-order valence-electron chi connectivity index (χ2n) is 5.43. The summed E-state index contributed by atoms with van der Waals surface area (Å²) in [5.74, 6) is 0.328. The molecule has 0 saturated heterocycles. The predicted molar refractivity (Wildman–Crippen MR) is 89.9 cm³/mol. The summed E-state index contributed by atoms with van der Waals surface area (Å²) >= 11 is 0. The molecular formula is C19H15F3N2O. The highest BCUT2D eigenvalue weighted by Gasteiger charge is 2.35. The van der Waals surface area contributed by atoms with Crippen LogP contribution in [0.2, 0.25) is 0 Å². The number of hydrogen-bond acceptors (Lipinski definition) is 3. The van der Waals surface area contributed by atoms with Crippen molar-refractivity contribution < 1.29 is 17.9 Å². The number of anilines is 1. The second kappa shape index (κ2) is 6.84. The van der Waals surface area contributed by atoms with Gasteiger partial charge in [0.25, 0.3) is 0 Å². The maximum Gasteiger partial charge on any atom is 0.418 e. The molecular weight excluding hydrogens is 329 g/mol. The van der Waals surface area contributed by atoms with E-state index in [1.165, 1.54) is 6.20 Å². The molecule has 2 aromatic carbocycles. The predicted octanol–water partition coefficient (Wildman–Crippen LogP) is 4.93. The fourth-order valence-electron chi connectivity index (χ4n) is 2.44. The number of pyridine rings is 1. The van der Waals surface area contributed by atoms with Crippen molar-refractivity contribution in [1.29, 1.82) is 0 Å². The van der Waals surface area contributed by atoms with E-state index in [1.54, 1.807) is 24.3 Å². The first-order chi connectivity index (χ1) is 11.9. The number of nitrogens with zero attached hydrogens (tertiary/aromatic N) is 1. The molecule has 0 aliphatic heterocycles. The number of hydrogen-bond donors (Lipinski definition) is 1. The summed E-state index contributed by atoms with van der Waals surface area (Å²) in [6.45, 7) is 0.244. The van der Waals surface area contributed by atoms with Crippen molar-refractivity contribution >= 4 is 5.69 Å². The fourth-order valence-corrected chi connectivity index (χ4v) is 2.44. The van der Waals surface area contributed by atoms with Gasteiger partial charge in [-0.15, -0.1) is 0 Å². The van der Waals surface area contributed by atoms with Gasteiger partial charge in [0.2, 0.25) is 0 Å². The van der Waals surface area contributed by atoms with E-state index in [2.05, 4.69) is 4.98 Å². The van der Waals surface area contributed by atoms with Crippen molar-refractivity contribution in [3.05, 3.63) is 78.0 Å². The van der Waals surface area contributed by atoms with E-state index < -0.39 is 11.7 Å². The van der Waals surface area contributed by atoms with E-state index in [4.69, 9.17) is 10.5 Å². The molecule has 0 aliphatic carbocycles. The molecule has 0 bridgehead atoms. The molecule has 1 aromatic heterocycles. The van der Waals surface area contributed by atoms with E-state index in [1.807, 2.05) is 30.3 Å². The van der Waals surface area contributed by atoms with Gasteiger partial charge in [-0.1, -0.05) is 42.5 Å². The Bertz CT molecular complexity index is 864. The smallest absolute Gasteiger partial charge is 0.418 e. The van der Waals surface area contributed by atoms with Crippen LogP contribution in [0.3, 0.4) is 0 Å². The Hall–Kier alpha value is -3.02. The maximum absolute atomic E-state index is 13.4. The summed E-state index contributed by atoms with van der Waals surface area (Å²) in [6, 6.07) is 16.8. The molecule has 25 heavy (non-hydrogen) atoms. The SMILES string of the molecule is Nc1cnc(-c2ccccc2OCc2ccccc2)c(C(F)(F)F)c1. The highest BCUT2D eigenvalue weighted by molar-refractivity contribution is 5.71. The van der Waals surface area contributed by atoms with Crippen molar-refractivity contribution in [3.8, 4) is 17.0 Å². The Labute approximate surface area is 142 Å². The lowest BCUT2D eigenvalue weighted by Crippen LogP contribution is -2.10. The summed E-state index contributed by atoms with van der Waals surface area (Å²) in [7, 11) is 0. The van der Waals surface area contributed by atoms with E-state index in [9.17, 15) is 13.2 Å². The van der Waals surface area contributed by atoms with Crippen molar-refractivity contribution in [2.24, 2.45) is 0 Å². The molecule has 0 aliphatic rings. The van der Waals surface area contributed by atoms with Crippen molar-refractivity contribution in [3.63, 3.8) is 0 Å². The highest BCUT2D eigenvalue weighted by Crippen LogP contribution is 2.40. The van der Waals surface area contributed by atoms with E-state index in [0.717, 1.165) is 11.6 Å². The van der Waals surface area contributed by atoms with Gasteiger partial charge in [-0.3, -0.25) is 4.98 Å². The van der Waals surface area contributed by atoms with Gasteiger partial charge < -0.3 is 10.5 Å². The zero-order valence-corrected chi connectivity index (χ0v) is 13.1. The number of benzene rings is 2. The van der Waals surface area contributed by atoms with Crippen LogP contribution in [-0.2, 0) is 12.8 Å². The van der Waals surface area contributed by atoms with Crippen molar-refractivity contribution in [2.45, 2.75) is 12.8 Å². The van der Waals surface area contributed by atoms with Gasteiger partial charge in [0.05, 0.1) is 23.1 Å². The average molecular weight is 344 g/mol. The summed E-state index contributed by atoms with van der Waals surface area (Å²) in [5.41, 5.74) is 5.53. The third-order valence-corrected chi connectivity index (χ3v) is 3.59. The molecule has 0 spiro atoms. The topological polar surface area (TPSA) is 48.1 Å². The first kappa shape index (κ1) is 16.8. The third-order valence-electron chi connectivity index (χ3n) is 3.59. The van der Waals surface area contributed by atoms with Crippen LogP contribution in [0, 0.1) is 0 Å². The molecule has 2 N–H and O–H groups in total. The van der Waals surface area contributed by atoms with Gasteiger partial charge in [-0.25, -0.2) is 0 Å². The molecule has 0 fully saturated rings. The molecule has 0 saturated carbocycles. The van der Waals surface area contributed by atoms with Crippen LogP contribution in [0.1, 0.15) is 11.1 Å².